The van der Waals surface area contributed by atoms with Crippen LogP contribution in [0.4, 0.5) is 18.0 Å². The third-order valence-corrected chi connectivity index (χ3v) is 6.60. The summed E-state index contributed by atoms with van der Waals surface area (Å²) in [6.45, 7) is 0.961. The first-order valence-corrected chi connectivity index (χ1v) is 11.9. The monoisotopic (exact) mass is 530 g/mol. The van der Waals surface area contributed by atoms with E-state index in [-0.39, 0.29) is 29.8 Å². The molecule has 1 saturated heterocycles. The maximum Gasteiger partial charge on any atom is 0.319 e. The van der Waals surface area contributed by atoms with E-state index in [1.54, 1.807) is 4.90 Å². The molecule has 1 unspecified atom stereocenters. The van der Waals surface area contributed by atoms with Gasteiger partial charge in [0.1, 0.15) is 18.1 Å². The Labute approximate surface area is 208 Å². The van der Waals surface area contributed by atoms with E-state index in [1.807, 2.05) is 0 Å². The second-order valence-electron chi connectivity index (χ2n) is 7.72. The Morgan fingerprint density at radius 1 is 1.14 bits per heavy atom. The molecule has 1 fully saturated rings. The molecule has 2 N–H and O–H groups in total. The average molecular weight is 531 g/mol. The predicted octanol–water partition coefficient (Wildman–Crippen LogP) is 2.11. The Balaban J connectivity index is 1.73. The van der Waals surface area contributed by atoms with Crippen LogP contribution in [0.1, 0.15) is 0 Å². The molecule has 1 aliphatic rings. The molecule has 196 valence electrons. The first-order valence-electron chi connectivity index (χ1n) is 10.8. The van der Waals surface area contributed by atoms with E-state index < -0.39 is 47.0 Å². The van der Waals surface area contributed by atoms with Crippen LogP contribution in [-0.4, -0.2) is 88.8 Å². The zero-order valence-corrected chi connectivity index (χ0v) is 20.1. The summed E-state index contributed by atoms with van der Waals surface area (Å²) in [6.07, 6.45) is 0. The highest BCUT2D eigenvalue weighted by molar-refractivity contribution is 7.89. The van der Waals surface area contributed by atoms with Gasteiger partial charge in [-0.1, -0.05) is 0 Å². The zero-order chi connectivity index (χ0) is 26.2. The van der Waals surface area contributed by atoms with Crippen molar-refractivity contribution in [1.29, 1.82) is 0 Å². The second-order valence-corrected chi connectivity index (χ2v) is 9.21. The lowest BCUT2D eigenvalue weighted by Crippen LogP contribution is -2.49. The molecule has 10 nitrogen and oxygen atoms in total. The maximum atomic E-state index is 14.7. The lowest BCUT2D eigenvalue weighted by Gasteiger charge is -2.32. The number of ether oxygens (including phenoxy) is 2. The van der Waals surface area contributed by atoms with Crippen molar-refractivity contribution < 1.29 is 42.0 Å². The normalized spacial score (nSPS) is 14.5. The zero-order valence-electron chi connectivity index (χ0n) is 19.3. The van der Waals surface area contributed by atoms with Crippen molar-refractivity contribution in [3.63, 3.8) is 0 Å². The number of halogens is 3. The van der Waals surface area contributed by atoms with Gasteiger partial charge in [-0.3, -0.25) is 10.0 Å². The molecule has 0 saturated carbocycles. The van der Waals surface area contributed by atoms with Gasteiger partial charge in [0, 0.05) is 38.8 Å². The predicted molar refractivity (Wildman–Crippen MR) is 121 cm³/mol. The van der Waals surface area contributed by atoms with E-state index in [1.165, 1.54) is 29.6 Å². The van der Waals surface area contributed by atoms with Gasteiger partial charge in [0.15, 0.2) is 22.3 Å². The van der Waals surface area contributed by atoms with Crippen LogP contribution in [0.5, 0.6) is 11.5 Å². The van der Waals surface area contributed by atoms with Crippen molar-refractivity contribution in [2.75, 3.05) is 53.0 Å². The number of rotatable bonds is 9. The van der Waals surface area contributed by atoms with Crippen LogP contribution in [0.2, 0.25) is 0 Å². The fraction of sp³-hybridized carbons (Fsp3) is 0.364. The van der Waals surface area contributed by atoms with Gasteiger partial charge in [-0.15, -0.1) is 4.31 Å². The molecule has 0 radical (unpaired) electrons. The summed E-state index contributed by atoms with van der Waals surface area (Å²) in [5.74, 6) is -4.61. The summed E-state index contributed by atoms with van der Waals surface area (Å²) >= 11 is -2.25. The molecule has 2 aromatic carbocycles. The van der Waals surface area contributed by atoms with Gasteiger partial charge in [-0.05, 0) is 24.3 Å². The number of nitrogens with one attached hydrogen (secondary N) is 1. The van der Waals surface area contributed by atoms with Gasteiger partial charge < -0.3 is 23.8 Å². The number of amides is 3. The van der Waals surface area contributed by atoms with E-state index in [4.69, 9.17) is 14.7 Å². The number of hydrogen-bond donors (Lipinski definition) is 2. The Morgan fingerprint density at radius 3 is 2.33 bits per heavy atom. The lowest BCUT2D eigenvalue weighted by atomic mass is 10.3. The Kier molecular flexibility index (Phi) is 9.78. The van der Waals surface area contributed by atoms with E-state index in [2.05, 4.69) is 0 Å². The number of carbonyl (C=O) groups is 2. The topological polar surface area (TPSA) is 118 Å². The fourth-order valence-electron chi connectivity index (χ4n) is 3.27. The number of carbonyl (C=O) groups excluding carboxylic acids is 2. The minimum atomic E-state index is -2.25. The summed E-state index contributed by atoms with van der Waals surface area (Å²) in [6, 6.07) is 5.75. The molecule has 14 heteroatoms. The summed E-state index contributed by atoms with van der Waals surface area (Å²) in [7, 11) is 1.52. The van der Waals surface area contributed by atoms with Gasteiger partial charge in [-0.25, -0.2) is 23.4 Å². The molecule has 3 amide bonds. The van der Waals surface area contributed by atoms with E-state index in [0.717, 1.165) is 28.6 Å². The minimum absolute atomic E-state index is 0.0164. The van der Waals surface area contributed by atoms with Crippen LogP contribution >= 0.6 is 0 Å². The van der Waals surface area contributed by atoms with E-state index >= 15 is 0 Å². The van der Waals surface area contributed by atoms with E-state index in [0.29, 0.717) is 26.3 Å². The largest absolute Gasteiger partial charge is 0.593 e. The van der Waals surface area contributed by atoms with E-state index in [9.17, 15) is 27.3 Å². The van der Waals surface area contributed by atoms with Crippen molar-refractivity contribution >= 4 is 23.3 Å². The highest BCUT2D eigenvalue weighted by atomic mass is 32.2. The van der Waals surface area contributed by atoms with Crippen molar-refractivity contribution in [2.45, 2.75) is 4.90 Å². The number of hydrogen-bond acceptors (Lipinski definition) is 7. The number of hydroxylamine groups is 1. The average Bonchev–Trinajstić information content (AvgIpc) is 2.88. The number of urea groups is 1. The van der Waals surface area contributed by atoms with Crippen molar-refractivity contribution in [1.82, 2.24) is 19.6 Å². The molecule has 0 bridgehead atoms. The standard InChI is InChI=1S/C22H25F3N4O6S/c1-27(22(31)28-8-10-34-11-9-28)6-7-29(14-20(30)26-32)36(33)17-12-18(24)21(19(25)13-17)35-16-4-2-15(23)3-5-16/h2-5,12-13,32H,6-11,14H2,1H3,(H,26,30). The van der Waals surface area contributed by atoms with Crippen molar-refractivity contribution in [2.24, 2.45) is 0 Å². The molecular weight excluding hydrogens is 505 g/mol. The fourth-order valence-corrected chi connectivity index (χ4v) is 4.46. The molecule has 1 atom stereocenters. The van der Waals surface area contributed by atoms with Gasteiger partial charge >= 0.3 is 6.03 Å². The third-order valence-electron chi connectivity index (χ3n) is 5.18. The summed E-state index contributed by atoms with van der Waals surface area (Å²) in [5.41, 5.74) is 1.41. The smallest absolute Gasteiger partial charge is 0.319 e. The summed E-state index contributed by atoms with van der Waals surface area (Å²) in [4.78, 5) is 27.0. The molecule has 0 spiro atoms. The number of morpholine rings is 1. The molecule has 0 aromatic heterocycles. The maximum absolute atomic E-state index is 14.7. The SMILES string of the molecule is CN(CCN(CC(=O)NO)[S+]([O-])c1cc(F)c(Oc2ccc(F)cc2)c(F)c1)C(=O)N1CCOCC1. The van der Waals surface area contributed by atoms with Gasteiger partial charge in [0.2, 0.25) is 0 Å². The van der Waals surface area contributed by atoms with Crippen LogP contribution in [0.15, 0.2) is 41.3 Å². The molecular formula is C22H25F3N4O6S. The molecule has 1 heterocycles. The Hall–Kier alpha value is -3.04. The van der Waals surface area contributed by atoms with Crippen LogP contribution in [0, 0.1) is 17.5 Å². The van der Waals surface area contributed by atoms with Gasteiger partial charge in [0.25, 0.3) is 5.91 Å². The van der Waals surface area contributed by atoms with Crippen LogP contribution in [-0.2, 0) is 20.9 Å². The number of benzene rings is 2. The first-order chi connectivity index (χ1) is 17.2. The molecule has 1 aliphatic heterocycles. The minimum Gasteiger partial charge on any atom is -0.593 e. The Bertz CT molecular complexity index is 1040. The molecule has 36 heavy (non-hydrogen) atoms. The number of likely N-dealkylation sites (N-methyl/N-ethyl adjacent to an activating group) is 1. The quantitative estimate of drug-likeness (QED) is 0.290. The molecule has 0 aliphatic carbocycles. The molecule has 3 rings (SSSR count). The van der Waals surface area contributed by atoms with Gasteiger partial charge in [-0.2, -0.15) is 0 Å². The van der Waals surface area contributed by atoms with Crippen LogP contribution in [0.25, 0.3) is 0 Å². The first kappa shape index (κ1) is 27.5. The lowest BCUT2D eigenvalue weighted by molar-refractivity contribution is -0.129. The van der Waals surface area contributed by atoms with Crippen molar-refractivity contribution in [3.05, 3.63) is 53.8 Å². The van der Waals surface area contributed by atoms with Crippen LogP contribution in [0.3, 0.4) is 0 Å². The Morgan fingerprint density at radius 2 is 1.75 bits per heavy atom. The van der Waals surface area contributed by atoms with Gasteiger partial charge in [0.05, 0.1) is 31.1 Å². The number of nitrogens with zero attached hydrogens (tertiary/aromatic N) is 3. The highest BCUT2D eigenvalue weighted by Gasteiger charge is 2.29. The van der Waals surface area contributed by atoms with Crippen LogP contribution < -0.4 is 10.2 Å². The third kappa shape index (κ3) is 7.24. The highest BCUT2D eigenvalue weighted by Crippen LogP contribution is 2.31. The molecule has 2 aromatic rings. The summed E-state index contributed by atoms with van der Waals surface area (Å²) < 4.78 is 66.9. The second kappa shape index (κ2) is 12.8. The summed E-state index contributed by atoms with van der Waals surface area (Å²) in [5, 5.41) is 8.89. The van der Waals surface area contributed by atoms with Crippen molar-refractivity contribution in [3.8, 4) is 11.5 Å².